The van der Waals surface area contributed by atoms with E-state index in [1.54, 1.807) is 60.8 Å². The van der Waals surface area contributed by atoms with Crippen molar-refractivity contribution < 1.29 is 42.1 Å². The van der Waals surface area contributed by atoms with E-state index in [1.807, 2.05) is 13.8 Å². The van der Waals surface area contributed by atoms with Crippen molar-refractivity contribution in [1.82, 2.24) is 15.8 Å². The molecule has 0 fully saturated rings. The molecule has 0 aliphatic rings. The van der Waals surface area contributed by atoms with Crippen molar-refractivity contribution >= 4 is 29.3 Å². The normalized spacial score (nSPS) is 11.3. The molecular weight excluding hydrogens is 561 g/mol. The van der Waals surface area contributed by atoms with E-state index >= 15 is 0 Å². The fourth-order valence-electron chi connectivity index (χ4n) is 3.19. The Balaban J connectivity index is 0.000000782. The molecule has 1 atom stereocenters. The summed E-state index contributed by atoms with van der Waals surface area (Å²) in [5.74, 6) is -2.84. The predicted molar refractivity (Wildman–Crippen MR) is 146 cm³/mol. The Labute approximate surface area is 238 Å². The van der Waals surface area contributed by atoms with Crippen LogP contribution in [0.15, 0.2) is 67.0 Å². The number of carbonyl (C=O) groups excluding carboxylic acids is 2. The van der Waals surface area contributed by atoms with Crippen LogP contribution in [0.25, 0.3) is 0 Å². The number of hydrogen-bond donors (Lipinski definition) is 6. The van der Waals surface area contributed by atoms with Crippen LogP contribution in [0.3, 0.4) is 0 Å². The number of carbonyl (C=O) groups is 3. The summed E-state index contributed by atoms with van der Waals surface area (Å²) in [6, 6.07) is 14.2. The highest BCUT2D eigenvalue weighted by atomic mass is 19.4. The van der Waals surface area contributed by atoms with E-state index in [4.69, 9.17) is 30.5 Å². The van der Waals surface area contributed by atoms with Gasteiger partial charge in [-0.1, -0.05) is 6.07 Å². The largest absolute Gasteiger partial charge is 0.493 e. The van der Waals surface area contributed by atoms with Crippen molar-refractivity contribution in [3.8, 4) is 11.5 Å². The number of nitrogens with two attached hydrogens (primary N) is 1. The van der Waals surface area contributed by atoms with Crippen molar-refractivity contribution in [2.75, 3.05) is 12.4 Å². The lowest BCUT2D eigenvalue weighted by Crippen LogP contribution is -2.45. The third-order valence-corrected chi connectivity index (χ3v) is 5.12. The number of nitrogens with one attached hydrogen (secondary N) is 4. The number of aromatic nitrogens is 1. The minimum atomic E-state index is -5.08. The summed E-state index contributed by atoms with van der Waals surface area (Å²) in [4.78, 5) is 38.4. The van der Waals surface area contributed by atoms with Crippen molar-refractivity contribution in [3.63, 3.8) is 0 Å². The SMILES string of the molecule is COc1cc(C(Nc2ccc(C(=N)N)cc2)C(=O)NNC(=O)c2cccnc2)ccc1OC(C)C.O=C(O)C(F)(F)F. The lowest BCUT2D eigenvalue weighted by atomic mass is 10.0. The van der Waals surface area contributed by atoms with E-state index in [-0.39, 0.29) is 11.9 Å². The number of methoxy groups -OCH3 is 1. The Bertz CT molecular complexity index is 1390. The first-order valence-corrected chi connectivity index (χ1v) is 12.1. The molecular formula is C27H29F3N6O6. The Kier molecular flexibility index (Phi) is 11.6. The smallest absolute Gasteiger partial charge is 0.490 e. The van der Waals surface area contributed by atoms with Crippen LogP contribution in [-0.2, 0) is 9.59 Å². The van der Waals surface area contributed by atoms with Crippen LogP contribution in [0, 0.1) is 5.41 Å². The van der Waals surface area contributed by atoms with Crippen LogP contribution >= 0.6 is 0 Å². The van der Waals surface area contributed by atoms with E-state index in [9.17, 15) is 22.8 Å². The number of pyridine rings is 1. The van der Waals surface area contributed by atoms with Gasteiger partial charge in [0.05, 0.1) is 18.8 Å². The molecule has 224 valence electrons. The number of carboxylic acids is 1. The van der Waals surface area contributed by atoms with Crippen LogP contribution in [0.1, 0.15) is 41.4 Å². The number of aliphatic carboxylic acids is 1. The molecule has 0 radical (unpaired) electrons. The number of anilines is 1. The number of alkyl halides is 3. The fraction of sp³-hybridized carbons (Fsp3) is 0.222. The summed E-state index contributed by atoms with van der Waals surface area (Å²) in [6.07, 6.45) is -2.20. The van der Waals surface area contributed by atoms with Gasteiger partial charge in [0.2, 0.25) is 0 Å². The van der Waals surface area contributed by atoms with Crippen LogP contribution in [0.2, 0.25) is 0 Å². The standard InChI is InChI=1S/C25H28N6O4.C2HF3O2/c1-15(2)35-20-11-8-17(13-21(20)34-3)22(29-19-9-6-16(7-10-19)23(26)27)25(33)31-30-24(32)18-5-4-12-28-14-18;3-2(4,5)1(6)7/h4-15,22,29H,1-3H3,(H3,26,27)(H,30,32)(H,31,33);(H,6,7). The van der Waals surface area contributed by atoms with Gasteiger partial charge < -0.3 is 25.6 Å². The number of amides is 2. The van der Waals surface area contributed by atoms with Gasteiger partial charge in [0.25, 0.3) is 11.8 Å². The number of nitrogens with zero attached hydrogens (tertiary/aromatic N) is 1. The molecule has 0 saturated carbocycles. The summed E-state index contributed by atoms with van der Waals surface area (Å²) in [5, 5.41) is 17.8. The zero-order valence-corrected chi connectivity index (χ0v) is 22.7. The van der Waals surface area contributed by atoms with E-state index in [1.165, 1.54) is 13.3 Å². The first-order chi connectivity index (χ1) is 19.7. The molecule has 2 amide bonds. The first kappa shape index (κ1) is 32.9. The lowest BCUT2D eigenvalue weighted by molar-refractivity contribution is -0.192. The van der Waals surface area contributed by atoms with Crippen molar-refractivity contribution in [2.24, 2.45) is 5.73 Å². The number of hydrazine groups is 1. The van der Waals surface area contributed by atoms with Gasteiger partial charge >= 0.3 is 12.1 Å². The van der Waals surface area contributed by atoms with Gasteiger partial charge in [-0.25, -0.2) is 4.79 Å². The van der Waals surface area contributed by atoms with Gasteiger partial charge in [0, 0.05) is 23.6 Å². The Morgan fingerprint density at radius 3 is 2.14 bits per heavy atom. The average molecular weight is 591 g/mol. The molecule has 3 rings (SSSR count). The lowest BCUT2D eigenvalue weighted by Gasteiger charge is -2.22. The van der Waals surface area contributed by atoms with E-state index < -0.39 is 30.0 Å². The Morgan fingerprint density at radius 1 is 1.00 bits per heavy atom. The Morgan fingerprint density at radius 2 is 1.64 bits per heavy atom. The maximum atomic E-state index is 13.2. The topological polar surface area (TPSA) is 189 Å². The molecule has 1 heterocycles. The van der Waals surface area contributed by atoms with Crippen LogP contribution in [0.5, 0.6) is 11.5 Å². The van der Waals surface area contributed by atoms with Gasteiger partial charge in [0.15, 0.2) is 11.5 Å². The third kappa shape index (κ3) is 10.0. The van der Waals surface area contributed by atoms with Gasteiger partial charge in [-0.2, -0.15) is 13.2 Å². The summed E-state index contributed by atoms with van der Waals surface area (Å²) in [7, 11) is 1.52. The number of benzene rings is 2. The molecule has 0 aliphatic heterocycles. The number of hydrogen-bond acceptors (Lipinski definition) is 8. The molecule has 2 aromatic carbocycles. The number of nitrogen functional groups attached to an aromatic ring is 1. The fourth-order valence-corrected chi connectivity index (χ4v) is 3.19. The molecule has 15 heteroatoms. The van der Waals surface area contributed by atoms with E-state index in [0.29, 0.717) is 33.9 Å². The van der Waals surface area contributed by atoms with Crippen molar-refractivity contribution in [1.29, 1.82) is 5.41 Å². The second-order valence-electron chi connectivity index (χ2n) is 8.63. The summed E-state index contributed by atoms with van der Waals surface area (Å²) in [5.41, 5.74) is 12.4. The summed E-state index contributed by atoms with van der Waals surface area (Å²) in [6.45, 7) is 3.81. The molecule has 3 aromatic rings. The second kappa shape index (κ2) is 14.9. The molecule has 0 saturated heterocycles. The molecule has 0 spiro atoms. The number of rotatable bonds is 9. The monoisotopic (exact) mass is 590 g/mol. The number of amidine groups is 1. The Hall–Kier alpha value is -5.34. The van der Waals surface area contributed by atoms with Gasteiger partial charge in [-0.3, -0.25) is 30.8 Å². The number of ether oxygens (including phenoxy) is 2. The molecule has 7 N–H and O–H groups in total. The maximum Gasteiger partial charge on any atom is 0.490 e. The first-order valence-electron chi connectivity index (χ1n) is 12.1. The quantitative estimate of drug-likeness (QED) is 0.123. The molecule has 0 aliphatic carbocycles. The van der Waals surface area contributed by atoms with Gasteiger partial charge in [0.1, 0.15) is 11.9 Å². The number of halogens is 3. The highest BCUT2D eigenvalue weighted by Gasteiger charge is 2.38. The number of carboxylic acid groups (broad SMARTS) is 1. The zero-order valence-electron chi connectivity index (χ0n) is 22.7. The van der Waals surface area contributed by atoms with Crippen molar-refractivity contribution in [3.05, 3.63) is 83.7 Å². The van der Waals surface area contributed by atoms with Gasteiger partial charge in [-0.05, 0) is 67.9 Å². The second-order valence-corrected chi connectivity index (χ2v) is 8.63. The molecule has 0 bridgehead atoms. The van der Waals surface area contributed by atoms with Crippen LogP contribution < -0.4 is 31.4 Å². The molecule has 42 heavy (non-hydrogen) atoms. The van der Waals surface area contributed by atoms with Gasteiger partial charge in [-0.15, -0.1) is 0 Å². The minimum absolute atomic E-state index is 0.0607. The highest BCUT2D eigenvalue weighted by Crippen LogP contribution is 2.32. The minimum Gasteiger partial charge on any atom is -0.493 e. The zero-order chi connectivity index (χ0) is 31.4. The molecule has 12 nitrogen and oxygen atoms in total. The molecule has 1 unspecified atom stereocenters. The van der Waals surface area contributed by atoms with E-state index in [2.05, 4.69) is 21.2 Å². The summed E-state index contributed by atoms with van der Waals surface area (Å²) >= 11 is 0. The molecule has 1 aromatic heterocycles. The maximum absolute atomic E-state index is 13.2. The van der Waals surface area contributed by atoms with Crippen LogP contribution in [0.4, 0.5) is 18.9 Å². The third-order valence-electron chi connectivity index (χ3n) is 5.12. The van der Waals surface area contributed by atoms with E-state index in [0.717, 1.165) is 0 Å². The average Bonchev–Trinajstić information content (AvgIpc) is 2.95. The summed E-state index contributed by atoms with van der Waals surface area (Å²) < 4.78 is 43.0. The van der Waals surface area contributed by atoms with Crippen molar-refractivity contribution in [2.45, 2.75) is 32.2 Å². The predicted octanol–water partition coefficient (Wildman–Crippen LogP) is 3.41. The highest BCUT2D eigenvalue weighted by molar-refractivity contribution is 5.96. The van der Waals surface area contributed by atoms with Crippen LogP contribution in [-0.4, -0.2) is 53.1 Å².